The van der Waals surface area contributed by atoms with E-state index in [1.165, 1.54) is 0 Å². The molecule has 39 heavy (non-hydrogen) atoms. The van der Waals surface area contributed by atoms with E-state index in [0.717, 1.165) is 54.3 Å². The molecule has 7 nitrogen and oxygen atoms in total. The van der Waals surface area contributed by atoms with Gasteiger partial charge >= 0.3 is 0 Å². The number of hydroxylamine groups is 1. The Morgan fingerprint density at radius 3 is 2.28 bits per heavy atom. The second-order valence-electron chi connectivity index (χ2n) is 9.23. The lowest BCUT2D eigenvalue weighted by Crippen LogP contribution is -2.33. The van der Waals surface area contributed by atoms with Gasteiger partial charge in [0.2, 0.25) is 0 Å². The Balaban J connectivity index is 1.22. The van der Waals surface area contributed by atoms with Crippen molar-refractivity contribution in [2.45, 2.75) is 19.3 Å². The van der Waals surface area contributed by atoms with Crippen LogP contribution in [0.1, 0.15) is 24.8 Å². The summed E-state index contributed by atoms with van der Waals surface area (Å²) in [6, 6.07) is 25.2. The number of benzene rings is 3. The number of aliphatic hydroxyl groups is 1. The predicted molar refractivity (Wildman–Crippen MR) is 161 cm³/mol. The molecule has 3 aromatic rings. The van der Waals surface area contributed by atoms with Crippen molar-refractivity contribution in [2.75, 3.05) is 43.4 Å². The first kappa shape index (κ1) is 28.8. The maximum absolute atomic E-state index is 11.3. The van der Waals surface area contributed by atoms with Gasteiger partial charge in [0.25, 0.3) is 0 Å². The average Bonchev–Trinajstić information content (AvgIpc) is 2.92. The van der Waals surface area contributed by atoms with Crippen LogP contribution in [0.4, 0.5) is 11.4 Å². The second kappa shape index (κ2) is 14.8. The molecule has 0 aliphatic carbocycles. The predicted octanol–water partition coefficient (Wildman–Crippen LogP) is 6.41. The minimum absolute atomic E-state index is 0.241. The number of rotatable bonds is 14. The van der Waals surface area contributed by atoms with Crippen LogP contribution in [0.15, 0.2) is 102 Å². The number of anilines is 2. The first-order chi connectivity index (χ1) is 19.0. The van der Waals surface area contributed by atoms with Gasteiger partial charge in [-0.3, -0.25) is 0 Å². The monoisotopic (exact) mass is 567 g/mol. The summed E-state index contributed by atoms with van der Waals surface area (Å²) in [7, 11) is 0. The van der Waals surface area contributed by atoms with Crippen LogP contribution in [0.3, 0.4) is 0 Å². The molecule has 4 rings (SSSR count). The van der Waals surface area contributed by atoms with Gasteiger partial charge in [-0.05, 0) is 61.4 Å². The smallest absolute Gasteiger partial charge is 0.147 e. The van der Waals surface area contributed by atoms with Crippen LogP contribution in [0, 0.1) is 0 Å². The van der Waals surface area contributed by atoms with E-state index in [1.54, 1.807) is 6.07 Å². The Morgan fingerprint density at radius 1 is 0.872 bits per heavy atom. The fraction of sp³-hybridized carbons (Fsp3) is 0.267. The van der Waals surface area contributed by atoms with Gasteiger partial charge in [0, 0.05) is 46.8 Å². The molecule has 1 aliphatic rings. The summed E-state index contributed by atoms with van der Waals surface area (Å²) in [5, 5.41) is 25.9. The Kier molecular flexibility index (Phi) is 10.9. The molecule has 0 spiro atoms. The van der Waals surface area contributed by atoms with Crippen LogP contribution in [-0.4, -0.2) is 37.9 Å². The lowest BCUT2D eigenvalue weighted by atomic mass is 9.86. The number of halogens is 2. The number of allylic oxidation sites excluding steroid dienone is 2. The van der Waals surface area contributed by atoms with Crippen molar-refractivity contribution >= 4 is 34.6 Å². The van der Waals surface area contributed by atoms with Gasteiger partial charge in [0.15, 0.2) is 0 Å². The van der Waals surface area contributed by atoms with E-state index in [0.29, 0.717) is 29.0 Å². The Morgan fingerprint density at radius 2 is 1.56 bits per heavy atom. The van der Waals surface area contributed by atoms with Crippen molar-refractivity contribution < 1.29 is 9.94 Å². The SMILES string of the molecule is CC1=C(CNOCCCNCCNc2cc(Cl)cc(Cl)c2)C(c2ccccc2)C(O)=C(Nc2ccccc2)N1. The van der Waals surface area contributed by atoms with E-state index < -0.39 is 0 Å². The number of nitrogens with one attached hydrogen (secondary N) is 5. The van der Waals surface area contributed by atoms with Crippen molar-refractivity contribution in [3.63, 3.8) is 0 Å². The summed E-state index contributed by atoms with van der Waals surface area (Å²) in [6.45, 7) is 5.44. The Bertz CT molecular complexity index is 1250. The quantitative estimate of drug-likeness (QED) is 0.0990. The minimum atomic E-state index is -0.293. The molecule has 9 heteroatoms. The summed E-state index contributed by atoms with van der Waals surface area (Å²) >= 11 is 12.1. The maximum atomic E-state index is 11.3. The topological polar surface area (TPSA) is 89.6 Å². The first-order valence-electron chi connectivity index (χ1n) is 13.0. The molecule has 1 atom stereocenters. The second-order valence-corrected chi connectivity index (χ2v) is 10.1. The van der Waals surface area contributed by atoms with Gasteiger partial charge in [-0.25, -0.2) is 0 Å². The third kappa shape index (κ3) is 8.65. The van der Waals surface area contributed by atoms with Crippen molar-refractivity contribution in [3.05, 3.63) is 117 Å². The molecule has 1 unspecified atom stereocenters. The lowest BCUT2D eigenvalue weighted by molar-refractivity contribution is 0.0444. The van der Waals surface area contributed by atoms with Crippen LogP contribution < -0.4 is 26.7 Å². The molecular formula is C30H35Cl2N5O2. The Hall–Kier alpha value is -3.20. The molecular weight excluding hydrogens is 533 g/mol. The molecule has 0 amide bonds. The largest absolute Gasteiger partial charge is 0.508 e. The van der Waals surface area contributed by atoms with E-state index in [4.69, 9.17) is 28.0 Å². The van der Waals surface area contributed by atoms with Crippen LogP contribution in [0.25, 0.3) is 0 Å². The van der Waals surface area contributed by atoms with E-state index in [2.05, 4.69) is 26.7 Å². The van der Waals surface area contributed by atoms with Gasteiger partial charge < -0.3 is 31.2 Å². The van der Waals surface area contributed by atoms with Crippen LogP contribution in [0.2, 0.25) is 10.0 Å². The summed E-state index contributed by atoms with van der Waals surface area (Å²) in [5.74, 6) is 0.528. The van der Waals surface area contributed by atoms with Crippen molar-refractivity contribution in [1.29, 1.82) is 0 Å². The van der Waals surface area contributed by atoms with E-state index in [-0.39, 0.29) is 11.7 Å². The highest BCUT2D eigenvalue weighted by Gasteiger charge is 2.30. The lowest BCUT2D eigenvalue weighted by Gasteiger charge is -2.31. The summed E-state index contributed by atoms with van der Waals surface area (Å²) in [5.41, 5.74) is 7.88. The van der Waals surface area contributed by atoms with Crippen LogP contribution in [-0.2, 0) is 4.84 Å². The highest BCUT2D eigenvalue weighted by molar-refractivity contribution is 6.35. The normalized spacial score (nSPS) is 15.3. The standard InChI is InChI=1S/C30H35Cl2N5O2/c1-21-27(20-35-39-16-8-13-33-14-15-34-26-18-23(31)17-24(32)19-26)28(22-9-4-2-5-10-22)29(38)30(36-21)37-25-11-6-3-7-12-25/h2-7,9-12,17-19,28,33-38H,8,13-16,20H2,1H3. The molecule has 6 N–H and O–H groups in total. The maximum Gasteiger partial charge on any atom is 0.147 e. The number of hydrogen-bond acceptors (Lipinski definition) is 7. The average molecular weight is 569 g/mol. The number of para-hydroxylation sites is 1. The molecule has 1 heterocycles. The van der Waals surface area contributed by atoms with Crippen molar-refractivity contribution in [1.82, 2.24) is 16.1 Å². The van der Waals surface area contributed by atoms with Gasteiger partial charge in [0.05, 0.1) is 12.5 Å². The Labute approximate surface area is 240 Å². The molecule has 1 aliphatic heterocycles. The summed E-state index contributed by atoms with van der Waals surface area (Å²) in [4.78, 5) is 5.72. The molecule has 3 aromatic carbocycles. The highest BCUT2D eigenvalue weighted by atomic mass is 35.5. The van der Waals surface area contributed by atoms with Gasteiger partial charge in [-0.15, -0.1) is 0 Å². The molecule has 0 aromatic heterocycles. The van der Waals surface area contributed by atoms with Gasteiger partial charge in [-0.1, -0.05) is 71.7 Å². The molecule has 0 saturated heterocycles. The highest BCUT2D eigenvalue weighted by Crippen LogP contribution is 2.36. The molecule has 206 valence electrons. The summed E-state index contributed by atoms with van der Waals surface area (Å²) in [6.07, 6.45) is 0.852. The third-order valence-electron chi connectivity index (χ3n) is 6.31. The van der Waals surface area contributed by atoms with Gasteiger partial charge in [-0.2, -0.15) is 5.48 Å². The zero-order chi connectivity index (χ0) is 27.5. The van der Waals surface area contributed by atoms with Crippen LogP contribution >= 0.6 is 23.2 Å². The number of aliphatic hydroxyl groups excluding tert-OH is 1. The van der Waals surface area contributed by atoms with E-state index in [1.807, 2.05) is 79.7 Å². The zero-order valence-corrected chi connectivity index (χ0v) is 23.4. The molecule has 0 bridgehead atoms. The summed E-state index contributed by atoms with van der Waals surface area (Å²) < 4.78 is 0. The van der Waals surface area contributed by atoms with Gasteiger partial charge in [0.1, 0.15) is 11.6 Å². The first-order valence-corrected chi connectivity index (χ1v) is 13.8. The third-order valence-corrected chi connectivity index (χ3v) is 6.74. The van der Waals surface area contributed by atoms with Crippen molar-refractivity contribution in [3.8, 4) is 0 Å². The van der Waals surface area contributed by atoms with Crippen LogP contribution in [0.5, 0.6) is 0 Å². The van der Waals surface area contributed by atoms with E-state index in [9.17, 15) is 5.11 Å². The van der Waals surface area contributed by atoms with Crippen molar-refractivity contribution in [2.24, 2.45) is 0 Å². The fourth-order valence-corrected chi connectivity index (χ4v) is 4.93. The minimum Gasteiger partial charge on any atom is -0.508 e. The number of dihydropyridines is 1. The molecule has 0 radical (unpaired) electrons. The fourth-order valence-electron chi connectivity index (χ4n) is 4.40. The zero-order valence-electron chi connectivity index (χ0n) is 21.9. The van der Waals surface area contributed by atoms with E-state index >= 15 is 0 Å². The number of hydrogen-bond donors (Lipinski definition) is 6. The molecule has 0 fully saturated rings. The molecule has 0 saturated carbocycles.